The molecule has 0 saturated carbocycles. The highest BCUT2D eigenvalue weighted by molar-refractivity contribution is 6.96. The maximum Gasteiger partial charge on any atom is 0.133 e. The molecule has 65 heavy (non-hydrogen) atoms. The zero-order chi connectivity index (χ0) is 43.0. The molecule has 0 N–H and O–H groups in total. The standard InChI is InChI=1S/C62H43NOSi/c1-5-22-43(23-6-1)61(44-24-7-2-8-25-44)49-31-14-13-30-48(49)60-54(61)35-21-36-55(60)63(45-26-9-3-10-27-45)46-40-41-53-59(42-46)65(47-28-11-4-12-29-47)58-39-20-17-34-52(58)62(53)50-32-15-18-37-56(50)64-57-38-19-16-33-51(57)62/h1-42,65H. The van der Waals surface area contributed by atoms with Crippen molar-refractivity contribution < 1.29 is 4.74 Å². The van der Waals surface area contributed by atoms with Crippen LogP contribution in [-0.2, 0) is 10.8 Å². The first kappa shape index (κ1) is 37.6. The van der Waals surface area contributed by atoms with Crippen molar-refractivity contribution in [3.63, 3.8) is 0 Å². The molecule has 2 nitrogen and oxygen atoms in total. The van der Waals surface area contributed by atoms with E-state index in [4.69, 9.17) is 4.74 Å². The zero-order valence-corrected chi connectivity index (χ0v) is 36.8. The summed E-state index contributed by atoms with van der Waals surface area (Å²) in [6.07, 6.45) is 0. The van der Waals surface area contributed by atoms with E-state index in [2.05, 4.69) is 260 Å². The lowest BCUT2D eigenvalue weighted by molar-refractivity contribution is 0.435. The number of ether oxygens (including phenoxy) is 1. The molecule has 1 spiro atoms. The van der Waals surface area contributed by atoms with Gasteiger partial charge in [-0.3, -0.25) is 0 Å². The van der Waals surface area contributed by atoms with E-state index < -0.39 is 19.6 Å². The van der Waals surface area contributed by atoms with Crippen molar-refractivity contribution in [3.05, 3.63) is 299 Å². The van der Waals surface area contributed by atoms with Gasteiger partial charge in [0.1, 0.15) is 20.3 Å². The number of hydrogen-bond acceptors (Lipinski definition) is 2. The molecule has 13 rings (SSSR count). The van der Waals surface area contributed by atoms with Gasteiger partial charge in [0.15, 0.2) is 0 Å². The lowest BCUT2D eigenvalue weighted by Crippen LogP contribution is -2.62. The van der Waals surface area contributed by atoms with E-state index in [0.29, 0.717) is 0 Å². The number of nitrogens with zero attached hydrogens (tertiary/aromatic N) is 1. The van der Waals surface area contributed by atoms with Gasteiger partial charge in [0.2, 0.25) is 0 Å². The summed E-state index contributed by atoms with van der Waals surface area (Å²) < 4.78 is 6.78. The van der Waals surface area contributed by atoms with Crippen LogP contribution in [-0.4, -0.2) is 8.80 Å². The average molecular weight is 846 g/mol. The Hall–Kier alpha value is -7.98. The third-order valence-electron chi connectivity index (χ3n) is 14.3. The predicted molar refractivity (Wildman–Crippen MR) is 269 cm³/mol. The van der Waals surface area contributed by atoms with Gasteiger partial charge in [-0.2, -0.15) is 0 Å². The van der Waals surface area contributed by atoms with E-state index in [-0.39, 0.29) is 0 Å². The van der Waals surface area contributed by atoms with Gasteiger partial charge in [0.05, 0.1) is 16.5 Å². The van der Waals surface area contributed by atoms with Crippen molar-refractivity contribution in [1.29, 1.82) is 0 Å². The molecule has 1 aliphatic carbocycles. The normalized spacial score (nSPS) is 15.3. The van der Waals surface area contributed by atoms with Gasteiger partial charge in [-0.1, -0.05) is 218 Å². The average Bonchev–Trinajstić information content (AvgIpc) is 3.69. The molecule has 0 saturated heterocycles. The number of para-hydroxylation sites is 3. The minimum Gasteiger partial charge on any atom is -0.457 e. The van der Waals surface area contributed by atoms with Crippen molar-refractivity contribution in [2.24, 2.45) is 0 Å². The van der Waals surface area contributed by atoms with Crippen LogP contribution >= 0.6 is 0 Å². The van der Waals surface area contributed by atoms with Gasteiger partial charge in [-0.25, -0.2) is 0 Å². The number of fused-ring (bicyclic) bond motifs is 11. The number of hydrogen-bond donors (Lipinski definition) is 0. The quantitative estimate of drug-likeness (QED) is 0.155. The van der Waals surface area contributed by atoms with E-state index >= 15 is 0 Å². The largest absolute Gasteiger partial charge is 0.457 e. The van der Waals surface area contributed by atoms with Crippen LogP contribution in [0.2, 0.25) is 0 Å². The predicted octanol–water partition coefficient (Wildman–Crippen LogP) is 12.6. The van der Waals surface area contributed by atoms with Crippen LogP contribution in [0.3, 0.4) is 0 Å². The second kappa shape index (κ2) is 14.8. The molecule has 2 heterocycles. The van der Waals surface area contributed by atoms with Crippen LogP contribution in [0.25, 0.3) is 11.1 Å². The van der Waals surface area contributed by atoms with Gasteiger partial charge < -0.3 is 9.64 Å². The van der Waals surface area contributed by atoms with Gasteiger partial charge in [0, 0.05) is 28.1 Å². The van der Waals surface area contributed by atoms with Crippen molar-refractivity contribution in [2.75, 3.05) is 4.90 Å². The topological polar surface area (TPSA) is 12.5 Å². The Labute approximate surface area is 382 Å². The van der Waals surface area contributed by atoms with Crippen LogP contribution in [0.5, 0.6) is 11.5 Å². The molecule has 1 unspecified atom stereocenters. The van der Waals surface area contributed by atoms with Gasteiger partial charge in [0.25, 0.3) is 0 Å². The fourth-order valence-corrected chi connectivity index (χ4v) is 15.5. The third kappa shape index (κ3) is 5.34. The molecule has 0 bridgehead atoms. The summed E-state index contributed by atoms with van der Waals surface area (Å²) in [4.78, 5) is 2.53. The minimum absolute atomic E-state index is 0.520. The van der Waals surface area contributed by atoms with Gasteiger partial charge in [-0.05, 0) is 91.8 Å². The Balaban J connectivity index is 1.12. The summed E-state index contributed by atoms with van der Waals surface area (Å²) in [6.45, 7) is 0. The van der Waals surface area contributed by atoms with Crippen molar-refractivity contribution in [3.8, 4) is 22.6 Å². The van der Waals surface area contributed by atoms with Gasteiger partial charge >= 0.3 is 0 Å². The van der Waals surface area contributed by atoms with E-state index in [1.807, 2.05) is 0 Å². The first-order valence-electron chi connectivity index (χ1n) is 22.6. The Bertz CT molecular complexity index is 3340. The lowest BCUT2D eigenvalue weighted by Gasteiger charge is -2.47. The number of benzene rings is 10. The maximum absolute atomic E-state index is 6.78. The van der Waals surface area contributed by atoms with Crippen LogP contribution in [0, 0.1) is 0 Å². The summed E-state index contributed by atoms with van der Waals surface area (Å²) in [6, 6.07) is 94.6. The monoisotopic (exact) mass is 845 g/mol. The highest BCUT2D eigenvalue weighted by Gasteiger charge is 2.52. The molecular formula is C62H43NOSi. The van der Waals surface area contributed by atoms with Crippen LogP contribution < -0.4 is 25.2 Å². The molecule has 306 valence electrons. The van der Waals surface area contributed by atoms with E-state index in [0.717, 1.165) is 28.6 Å². The summed E-state index contributed by atoms with van der Waals surface area (Å²) in [5.74, 6) is 1.81. The number of rotatable bonds is 6. The second-order valence-corrected chi connectivity index (χ2v) is 20.2. The van der Waals surface area contributed by atoms with Crippen LogP contribution in [0.1, 0.15) is 44.5 Å². The highest BCUT2D eigenvalue weighted by atomic mass is 28.3. The fourth-order valence-electron chi connectivity index (χ4n) is 11.9. The summed E-state index contributed by atoms with van der Waals surface area (Å²) in [5, 5.41) is 4.25. The van der Waals surface area contributed by atoms with Crippen molar-refractivity contribution in [2.45, 2.75) is 10.8 Å². The summed E-state index contributed by atoms with van der Waals surface area (Å²) in [5.41, 5.74) is 14.9. The number of anilines is 3. The highest BCUT2D eigenvalue weighted by Crippen LogP contribution is 2.60. The Morgan fingerprint density at radius 2 is 0.846 bits per heavy atom. The van der Waals surface area contributed by atoms with Crippen LogP contribution in [0.4, 0.5) is 17.1 Å². The molecule has 0 amide bonds. The first-order chi connectivity index (χ1) is 32.3. The van der Waals surface area contributed by atoms with E-state index in [9.17, 15) is 0 Å². The molecule has 3 heteroatoms. The molecule has 2 aliphatic heterocycles. The molecule has 0 aromatic heterocycles. The molecular weight excluding hydrogens is 803 g/mol. The Kier molecular flexibility index (Phi) is 8.56. The fraction of sp³-hybridized carbons (Fsp3) is 0.0323. The molecule has 0 radical (unpaired) electrons. The summed E-state index contributed by atoms with van der Waals surface area (Å²) in [7, 11) is -2.10. The first-order valence-corrected chi connectivity index (χ1v) is 24.4. The lowest BCUT2D eigenvalue weighted by atomic mass is 9.63. The Morgan fingerprint density at radius 1 is 0.338 bits per heavy atom. The van der Waals surface area contributed by atoms with E-state index in [1.54, 1.807) is 0 Å². The molecule has 0 fully saturated rings. The van der Waals surface area contributed by atoms with Crippen LogP contribution in [0.15, 0.2) is 255 Å². The Morgan fingerprint density at radius 3 is 1.51 bits per heavy atom. The van der Waals surface area contributed by atoms with Gasteiger partial charge in [-0.15, -0.1) is 0 Å². The van der Waals surface area contributed by atoms with Crippen molar-refractivity contribution in [1.82, 2.24) is 0 Å². The molecule has 10 aromatic carbocycles. The van der Waals surface area contributed by atoms with E-state index in [1.165, 1.54) is 71.2 Å². The summed E-state index contributed by atoms with van der Waals surface area (Å²) >= 11 is 0. The molecule has 10 aromatic rings. The minimum atomic E-state index is -2.10. The molecule has 1 atom stereocenters. The third-order valence-corrected chi connectivity index (χ3v) is 17.6. The second-order valence-electron chi connectivity index (χ2n) is 17.4. The smallest absolute Gasteiger partial charge is 0.133 e. The zero-order valence-electron chi connectivity index (χ0n) is 35.7. The molecule has 3 aliphatic rings. The SMILES string of the molecule is c1ccc(N(c2ccc3c(c2)[SiH](c2ccccc2)c2ccccc2C32c3ccccc3Oc3ccccc32)c2cccc3c2-c2ccccc2C3(c2ccccc2)c2ccccc2)cc1. The maximum atomic E-state index is 6.78. The van der Waals surface area contributed by atoms with Crippen molar-refractivity contribution >= 4 is 41.4 Å².